The van der Waals surface area contributed by atoms with Gasteiger partial charge in [0.25, 0.3) is 0 Å². The molecule has 1 fully saturated rings. The van der Waals surface area contributed by atoms with Crippen LogP contribution in [0.2, 0.25) is 0 Å². The van der Waals surface area contributed by atoms with Crippen molar-refractivity contribution in [2.75, 3.05) is 5.32 Å². The molecule has 98 valence electrons. The molecule has 0 saturated carbocycles. The number of carbonyl (C=O) groups is 2. The predicted octanol–water partition coefficient (Wildman–Crippen LogP) is 1.05. The highest BCUT2D eigenvalue weighted by Crippen LogP contribution is 2.22. The van der Waals surface area contributed by atoms with Crippen LogP contribution in [0.4, 0.5) is 14.5 Å². The molecule has 1 aromatic carbocycles. The minimum atomic E-state index is -0.957. The number of hydrogen-bond donors (Lipinski definition) is 2. The van der Waals surface area contributed by atoms with Gasteiger partial charge in [-0.05, 0) is 18.6 Å². The highest BCUT2D eigenvalue weighted by atomic mass is 19.1. The average molecular weight is 265 g/mol. The van der Waals surface area contributed by atoms with E-state index >= 15 is 0 Å². The molecule has 0 bridgehead atoms. The zero-order valence-electron chi connectivity index (χ0n) is 9.67. The van der Waals surface area contributed by atoms with E-state index in [1.54, 1.807) is 6.07 Å². The maximum Gasteiger partial charge on any atom is 0.249 e. The van der Waals surface area contributed by atoms with Crippen molar-refractivity contribution in [1.29, 1.82) is 5.26 Å². The third-order valence-corrected chi connectivity index (χ3v) is 2.73. The number of nitrogens with one attached hydrogen (secondary N) is 2. The number of piperidine rings is 1. The zero-order valence-corrected chi connectivity index (χ0v) is 9.67. The average Bonchev–Trinajstić information content (AvgIpc) is 2.35. The van der Waals surface area contributed by atoms with Crippen LogP contribution < -0.4 is 10.6 Å². The Balaban J connectivity index is 2.22. The lowest BCUT2D eigenvalue weighted by atomic mass is 10.1. The van der Waals surface area contributed by atoms with E-state index in [-0.39, 0.29) is 18.4 Å². The summed E-state index contributed by atoms with van der Waals surface area (Å²) in [5.74, 6) is -2.95. The molecular weight excluding hydrogens is 256 g/mol. The summed E-state index contributed by atoms with van der Waals surface area (Å²) in [6.45, 7) is 0. The molecule has 2 amide bonds. The van der Waals surface area contributed by atoms with Gasteiger partial charge in [0.15, 0.2) is 11.6 Å². The van der Waals surface area contributed by atoms with Crippen molar-refractivity contribution in [3.63, 3.8) is 0 Å². The summed E-state index contributed by atoms with van der Waals surface area (Å²) in [5, 5.41) is 13.1. The van der Waals surface area contributed by atoms with Gasteiger partial charge in [-0.2, -0.15) is 5.26 Å². The van der Waals surface area contributed by atoms with Crippen molar-refractivity contribution in [2.24, 2.45) is 0 Å². The van der Waals surface area contributed by atoms with Crippen molar-refractivity contribution in [3.05, 3.63) is 29.3 Å². The lowest BCUT2D eigenvalue weighted by Crippen LogP contribution is -2.47. The van der Waals surface area contributed by atoms with Crippen molar-refractivity contribution >= 4 is 17.5 Å². The predicted molar refractivity (Wildman–Crippen MR) is 60.9 cm³/mol. The van der Waals surface area contributed by atoms with Gasteiger partial charge in [0, 0.05) is 6.42 Å². The first-order valence-corrected chi connectivity index (χ1v) is 5.50. The summed E-state index contributed by atoms with van der Waals surface area (Å²) in [6.07, 6.45) is 0.256. The fourth-order valence-electron chi connectivity index (χ4n) is 1.78. The van der Waals surface area contributed by atoms with E-state index in [0.717, 1.165) is 12.1 Å². The van der Waals surface area contributed by atoms with Crippen LogP contribution in [0.5, 0.6) is 0 Å². The van der Waals surface area contributed by atoms with Crippen LogP contribution >= 0.6 is 0 Å². The van der Waals surface area contributed by atoms with E-state index in [0.29, 0.717) is 0 Å². The van der Waals surface area contributed by atoms with Crippen LogP contribution in [-0.4, -0.2) is 17.9 Å². The SMILES string of the molecule is N#Cc1cc(F)c(NC2CCC(=O)NC2=O)c(F)c1. The van der Waals surface area contributed by atoms with Crippen molar-refractivity contribution in [2.45, 2.75) is 18.9 Å². The number of nitrogens with zero attached hydrogens (tertiary/aromatic N) is 1. The second-order valence-corrected chi connectivity index (χ2v) is 4.07. The Morgan fingerprint density at radius 1 is 1.32 bits per heavy atom. The Labute approximate surface area is 107 Å². The van der Waals surface area contributed by atoms with Gasteiger partial charge in [-0.1, -0.05) is 0 Å². The number of anilines is 1. The molecule has 0 spiro atoms. The van der Waals surface area contributed by atoms with E-state index < -0.39 is 35.2 Å². The van der Waals surface area contributed by atoms with Crippen LogP contribution in [0.25, 0.3) is 0 Å². The molecule has 1 atom stereocenters. The van der Waals surface area contributed by atoms with Gasteiger partial charge in [-0.3, -0.25) is 14.9 Å². The number of halogens is 2. The zero-order chi connectivity index (χ0) is 14.0. The highest BCUT2D eigenvalue weighted by Gasteiger charge is 2.28. The molecule has 0 aromatic heterocycles. The molecule has 1 aliphatic heterocycles. The van der Waals surface area contributed by atoms with Gasteiger partial charge in [0.2, 0.25) is 11.8 Å². The van der Waals surface area contributed by atoms with Crippen LogP contribution in [0.1, 0.15) is 18.4 Å². The Morgan fingerprint density at radius 3 is 2.47 bits per heavy atom. The van der Waals surface area contributed by atoms with Crippen LogP contribution in [0.3, 0.4) is 0 Å². The smallest absolute Gasteiger partial charge is 0.249 e. The topological polar surface area (TPSA) is 82.0 Å². The Morgan fingerprint density at radius 2 is 1.95 bits per heavy atom. The molecule has 1 saturated heterocycles. The Hall–Kier alpha value is -2.49. The van der Waals surface area contributed by atoms with E-state index in [4.69, 9.17) is 5.26 Å². The molecule has 0 radical (unpaired) electrons. The molecule has 1 unspecified atom stereocenters. The molecule has 7 heteroatoms. The quantitative estimate of drug-likeness (QED) is 0.783. The largest absolute Gasteiger partial charge is 0.369 e. The number of nitriles is 1. The second-order valence-electron chi connectivity index (χ2n) is 4.07. The summed E-state index contributed by atoms with van der Waals surface area (Å²) in [6, 6.07) is 2.49. The fourth-order valence-corrected chi connectivity index (χ4v) is 1.78. The number of benzene rings is 1. The van der Waals surface area contributed by atoms with Gasteiger partial charge < -0.3 is 5.32 Å². The number of hydrogen-bond acceptors (Lipinski definition) is 4. The molecule has 5 nitrogen and oxygen atoms in total. The lowest BCUT2D eigenvalue weighted by Gasteiger charge is -2.23. The molecule has 2 N–H and O–H groups in total. The first-order chi connectivity index (χ1) is 9.01. The van der Waals surface area contributed by atoms with Gasteiger partial charge in [-0.25, -0.2) is 8.78 Å². The van der Waals surface area contributed by atoms with Crippen molar-refractivity contribution in [3.8, 4) is 6.07 Å². The molecular formula is C12H9F2N3O2. The number of imide groups is 1. The van der Waals surface area contributed by atoms with Gasteiger partial charge in [-0.15, -0.1) is 0 Å². The Kier molecular flexibility index (Phi) is 3.42. The normalized spacial score (nSPS) is 18.7. The van der Waals surface area contributed by atoms with E-state index in [1.165, 1.54) is 0 Å². The third kappa shape index (κ3) is 2.68. The first-order valence-electron chi connectivity index (χ1n) is 5.50. The summed E-state index contributed by atoms with van der Waals surface area (Å²) in [4.78, 5) is 22.4. The minimum Gasteiger partial charge on any atom is -0.369 e. The first kappa shape index (κ1) is 13.0. The van der Waals surface area contributed by atoms with Gasteiger partial charge in [0.05, 0.1) is 11.6 Å². The van der Waals surface area contributed by atoms with Crippen molar-refractivity contribution < 1.29 is 18.4 Å². The monoisotopic (exact) mass is 265 g/mol. The fraction of sp³-hybridized carbons (Fsp3) is 0.250. The number of carbonyl (C=O) groups excluding carboxylic acids is 2. The number of amides is 2. The standard InChI is InChI=1S/C12H9F2N3O2/c13-7-3-6(5-15)4-8(14)11(7)16-9-1-2-10(18)17-12(9)19/h3-4,9,16H,1-2H2,(H,17,18,19). The maximum absolute atomic E-state index is 13.6. The van der Waals surface area contributed by atoms with E-state index in [1.807, 2.05) is 0 Å². The summed E-state index contributed by atoms with van der Waals surface area (Å²) >= 11 is 0. The molecule has 1 aliphatic rings. The second kappa shape index (κ2) is 5.02. The lowest BCUT2D eigenvalue weighted by molar-refractivity contribution is -0.133. The minimum absolute atomic E-state index is 0.100. The molecule has 1 heterocycles. The van der Waals surface area contributed by atoms with E-state index in [2.05, 4.69) is 10.6 Å². The molecule has 1 aromatic rings. The summed E-state index contributed by atoms with van der Waals surface area (Å²) in [5.41, 5.74) is -0.627. The van der Waals surface area contributed by atoms with Crippen LogP contribution in [0, 0.1) is 23.0 Å². The van der Waals surface area contributed by atoms with Gasteiger partial charge >= 0.3 is 0 Å². The van der Waals surface area contributed by atoms with E-state index in [9.17, 15) is 18.4 Å². The van der Waals surface area contributed by atoms with Crippen LogP contribution in [0.15, 0.2) is 12.1 Å². The molecule has 0 aliphatic carbocycles. The molecule has 19 heavy (non-hydrogen) atoms. The highest BCUT2D eigenvalue weighted by molar-refractivity contribution is 6.01. The van der Waals surface area contributed by atoms with Crippen LogP contribution in [-0.2, 0) is 9.59 Å². The third-order valence-electron chi connectivity index (χ3n) is 2.73. The summed E-state index contributed by atoms with van der Waals surface area (Å²) in [7, 11) is 0. The molecule has 2 rings (SSSR count). The van der Waals surface area contributed by atoms with Gasteiger partial charge in [0.1, 0.15) is 11.7 Å². The Bertz CT molecular complexity index is 572. The van der Waals surface area contributed by atoms with Crippen molar-refractivity contribution in [1.82, 2.24) is 5.32 Å². The number of rotatable bonds is 2. The summed E-state index contributed by atoms with van der Waals surface area (Å²) < 4.78 is 27.2. The maximum atomic E-state index is 13.6.